The molecule has 118 valence electrons. The lowest BCUT2D eigenvalue weighted by molar-refractivity contribution is -0.130. The summed E-state index contributed by atoms with van der Waals surface area (Å²) in [7, 11) is 0. The van der Waals surface area contributed by atoms with Crippen molar-refractivity contribution in [1.82, 2.24) is 14.8 Å². The molecule has 3 rings (SSSR count). The van der Waals surface area contributed by atoms with E-state index in [-0.39, 0.29) is 17.9 Å². The molecular formula is C17H23N3O2. The molecule has 2 saturated heterocycles. The van der Waals surface area contributed by atoms with Gasteiger partial charge in [0.05, 0.1) is 0 Å². The topological polar surface area (TPSA) is 53.5 Å². The summed E-state index contributed by atoms with van der Waals surface area (Å²) in [5.41, 5.74) is 2.52. The molecule has 1 unspecified atom stereocenters. The van der Waals surface area contributed by atoms with E-state index in [0.29, 0.717) is 18.7 Å². The van der Waals surface area contributed by atoms with Gasteiger partial charge in [0.2, 0.25) is 5.91 Å². The third kappa shape index (κ3) is 2.85. The van der Waals surface area contributed by atoms with Crippen LogP contribution in [-0.2, 0) is 4.79 Å². The van der Waals surface area contributed by atoms with Crippen LogP contribution in [-0.4, -0.2) is 52.3 Å². The highest BCUT2D eigenvalue weighted by atomic mass is 16.2. The van der Waals surface area contributed by atoms with Crippen molar-refractivity contribution in [3.05, 3.63) is 29.1 Å². The zero-order valence-corrected chi connectivity index (χ0v) is 13.3. The number of nitrogens with zero attached hydrogens (tertiary/aromatic N) is 3. The van der Waals surface area contributed by atoms with Gasteiger partial charge in [-0.15, -0.1) is 0 Å². The first-order valence-corrected chi connectivity index (χ1v) is 8.08. The van der Waals surface area contributed by atoms with Crippen molar-refractivity contribution in [3.8, 4) is 0 Å². The van der Waals surface area contributed by atoms with Crippen LogP contribution < -0.4 is 0 Å². The smallest absolute Gasteiger partial charge is 0.272 e. The zero-order valence-electron chi connectivity index (χ0n) is 13.3. The molecule has 22 heavy (non-hydrogen) atoms. The minimum Gasteiger partial charge on any atom is -0.338 e. The van der Waals surface area contributed by atoms with E-state index in [1.165, 1.54) is 0 Å². The Morgan fingerprint density at radius 2 is 2.09 bits per heavy atom. The minimum absolute atomic E-state index is 0.00570. The Labute approximate surface area is 131 Å². The van der Waals surface area contributed by atoms with Crippen LogP contribution in [0.1, 0.15) is 47.3 Å². The third-order valence-corrected chi connectivity index (χ3v) is 4.65. The molecule has 3 heterocycles. The van der Waals surface area contributed by atoms with E-state index in [1.54, 1.807) is 6.20 Å². The summed E-state index contributed by atoms with van der Waals surface area (Å²) in [6.07, 6.45) is 5.29. The van der Waals surface area contributed by atoms with Gasteiger partial charge in [-0.3, -0.25) is 14.6 Å². The second kappa shape index (κ2) is 6.07. The van der Waals surface area contributed by atoms with Gasteiger partial charge in [0.25, 0.3) is 5.91 Å². The maximum atomic E-state index is 12.7. The number of piperidine rings is 1. The maximum Gasteiger partial charge on any atom is 0.272 e. The minimum atomic E-state index is -0.00570. The second-order valence-corrected chi connectivity index (χ2v) is 6.42. The van der Waals surface area contributed by atoms with E-state index in [4.69, 9.17) is 0 Å². The number of rotatable bonds is 2. The molecule has 2 amide bonds. The van der Waals surface area contributed by atoms with Gasteiger partial charge in [-0.25, -0.2) is 0 Å². The van der Waals surface area contributed by atoms with Crippen molar-refractivity contribution in [2.24, 2.45) is 0 Å². The molecule has 0 aliphatic carbocycles. The Kier molecular flexibility index (Phi) is 4.14. The van der Waals surface area contributed by atoms with E-state index in [0.717, 1.165) is 43.5 Å². The Morgan fingerprint density at radius 3 is 2.77 bits per heavy atom. The SMILES string of the molecule is Cc1cnc(C(=O)N2CCCC(N3CCCC3=O)C2)c(C)c1. The first-order chi connectivity index (χ1) is 10.6. The summed E-state index contributed by atoms with van der Waals surface area (Å²) in [4.78, 5) is 32.8. The van der Waals surface area contributed by atoms with Gasteiger partial charge in [-0.1, -0.05) is 6.07 Å². The van der Waals surface area contributed by atoms with E-state index in [9.17, 15) is 9.59 Å². The van der Waals surface area contributed by atoms with Gasteiger partial charge in [-0.05, 0) is 44.2 Å². The Hall–Kier alpha value is -1.91. The second-order valence-electron chi connectivity index (χ2n) is 6.42. The first-order valence-electron chi connectivity index (χ1n) is 8.08. The summed E-state index contributed by atoms with van der Waals surface area (Å²) in [6.45, 7) is 6.14. The average Bonchev–Trinajstić information content (AvgIpc) is 2.93. The van der Waals surface area contributed by atoms with Crippen LogP contribution in [0.5, 0.6) is 0 Å². The molecule has 0 saturated carbocycles. The number of aromatic nitrogens is 1. The normalized spacial score (nSPS) is 22.3. The molecule has 0 bridgehead atoms. The molecule has 1 aromatic rings. The first kappa shape index (κ1) is 15.0. The van der Waals surface area contributed by atoms with E-state index >= 15 is 0 Å². The van der Waals surface area contributed by atoms with Crippen LogP contribution in [0.25, 0.3) is 0 Å². The fraction of sp³-hybridized carbons (Fsp3) is 0.588. The Balaban J connectivity index is 1.73. The van der Waals surface area contributed by atoms with Crippen molar-refractivity contribution in [1.29, 1.82) is 0 Å². The predicted octanol–water partition coefficient (Wildman–Crippen LogP) is 1.93. The molecule has 2 aliphatic rings. The van der Waals surface area contributed by atoms with Gasteiger partial charge in [0.15, 0.2) is 0 Å². The van der Waals surface area contributed by atoms with E-state index < -0.39 is 0 Å². The van der Waals surface area contributed by atoms with Crippen LogP contribution in [0.15, 0.2) is 12.3 Å². The van der Waals surface area contributed by atoms with Crippen LogP contribution in [0, 0.1) is 13.8 Å². The van der Waals surface area contributed by atoms with Crippen LogP contribution in [0.3, 0.4) is 0 Å². The highest BCUT2D eigenvalue weighted by Crippen LogP contribution is 2.23. The van der Waals surface area contributed by atoms with Crippen molar-refractivity contribution >= 4 is 11.8 Å². The molecule has 2 aliphatic heterocycles. The Bertz CT molecular complexity index is 600. The number of carbonyl (C=O) groups is 2. The number of pyridine rings is 1. The third-order valence-electron chi connectivity index (χ3n) is 4.65. The van der Waals surface area contributed by atoms with Gasteiger partial charge in [-0.2, -0.15) is 0 Å². The van der Waals surface area contributed by atoms with E-state index in [1.807, 2.05) is 29.7 Å². The summed E-state index contributed by atoms with van der Waals surface area (Å²) in [6, 6.07) is 2.17. The Morgan fingerprint density at radius 1 is 1.27 bits per heavy atom. The highest BCUT2D eigenvalue weighted by Gasteiger charge is 2.33. The van der Waals surface area contributed by atoms with Crippen molar-refractivity contribution in [2.45, 2.75) is 45.6 Å². The van der Waals surface area contributed by atoms with Gasteiger partial charge in [0, 0.05) is 38.3 Å². The lowest BCUT2D eigenvalue weighted by atomic mass is 10.0. The molecular weight excluding hydrogens is 278 g/mol. The van der Waals surface area contributed by atoms with Crippen LogP contribution in [0.2, 0.25) is 0 Å². The number of amides is 2. The predicted molar refractivity (Wildman–Crippen MR) is 83.6 cm³/mol. The molecule has 0 spiro atoms. The van der Waals surface area contributed by atoms with Crippen molar-refractivity contribution in [2.75, 3.05) is 19.6 Å². The molecule has 0 radical (unpaired) electrons. The van der Waals surface area contributed by atoms with Crippen molar-refractivity contribution < 1.29 is 9.59 Å². The monoisotopic (exact) mass is 301 g/mol. The molecule has 2 fully saturated rings. The number of carbonyl (C=O) groups excluding carboxylic acids is 2. The standard InChI is InChI=1S/C17H23N3O2/c1-12-9-13(2)16(18-10-12)17(22)19-7-3-5-14(11-19)20-8-4-6-15(20)21/h9-10,14H,3-8,11H2,1-2H3. The summed E-state index contributed by atoms with van der Waals surface area (Å²) in [5.74, 6) is 0.234. The van der Waals surface area contributed by atoms with Crippen LogP contribution in [0.4, 0.5) is 0 Å². The van der Waals surface area contributed by atoms with Gasteiger partial charge < -0.3 is 9.80 Å². The lowest BCUT2D eigenvalue weighted by Crippen LogP contribution is -2.50. The summed E-state index contributed by atoms with van der Waals surface area (Å²) < 4.78 is 0. The average molecular weight is 301 g/mol. The molecule has 1 atom stereocenters. The van der Waals surface area contributed by atoms with Crippen molar-refractivity contribution in [3.63, 3.8) is 0 Å². The number of hydrogen-bond acceptors (Lipinski definition) is 3. The lowest BCUT2D eigenvalue weighted by Gasteiger charge is -2.37. The van der Waals surface area contributed by atoms with E-state index in [2.05, 4.69) is 4.98 Å². The summed E-state index contributed by atoms with van der Waals surface area (Å²) >= 11 is 0. The molecule has 5 nitrogen and oxygen atoms in total. The highest BCUT2D eigenvalue weighted by molar-refractivity contribution is 5.93. The van der Waals surface area contributed by atoms with Gasteiger partial charge >= 0.3 is 0 Å². The number of likely N-dealkylation sites (tertiary alicyclic amines) is 2. The number of hydrogen-bond donors (Lipinski definition) is 0. The fourth-order valence-electron chi connectivity index (χ4n) is 3.54. The summed E-state index contributed by atoms with van der Waals surface area (Å²) in [5, 5.41) is 0. The van der Waals surface area contributed by atoms with Crippen LogP contribution >= 0.6 is 0 Å². The molecule has 1 aromatic heterocycles. The largest absolute Gasteiger partial charge is 0.338 e. The fourth-order valence-corrected chi connectivity index (χ4v) is 3.54. The number of aryl methyl sites for hydroxylation is 2. The quantitative estimate of drug-likeness (QED) is 0.838. The molecule has 0 aromatic carbocycles. The zero-order chi connectivity index (χ0) is 15.7. The molecule has 5 heteroatoms. The van der Waals surface area contributed by atoms with Gasteiger partial charge in [0.1, 0.15) is 5.69 Å². The maximum absolute atomic E-state index is 12.7. The molecule has 0 N–H and O–H groups in total.